The third-order valence-corrected chi connectivity index (χ3v) is 1.89. The van der Waals surface area contributed by atoms with Crippen molar-refractivity contribution in [2.45, 2.75) is 40.2 Å². The van der Waals surface area contributed by atoms with Gasteiger partial charge in [0.25, 0.3) is 0 Å². The minimum Gasteiger partial charge on any atom is -0.183 e. The highest BCUT2D eigenvalue weighted by Gasteiger charge is 2.07. The number of aryl methyl sites for hydroxylation is 2. The van der Waals surface area contributed by atoms with E-state index in [9.17, 15) is 0 Å². The third kappa shape index (κ3) is 2.95. The van der Waals surface area contributed by atoms with Crippen LogP contribution in [0.1, 0.15) is 31.9 Å². The van der Waals surface area contributed by atoms with E-state index in [4.69, 9.17) is 0 Å². The van der Waals surface area contributed by atoms with Crippen LogP contribution in [0, 0.1) is 13.8 Å². The minimum atomic E-state index is -0.102. The van der Waals surface area contributed by atoms with E-state index in [1.165, 1.54) is 11.1 Å². The van der Waals surface area contributed by atoms with Crippen molar-refractivity contribution in [2.24, 2.45) is 10.2 Å². The van der Waals surface area contributed by atoms with E-state index in [-0.39, 0.29) is 5.54 Å². The number of rotatable bonds is 1. The van der Waals surface area contributed by atoms with Gasteiger partial charge in [0, 0.05) is 0 Å². The molecule has 0 spiro atoms. The normalized spacial score (nSPS) is 12.4. The van der Waals surface area contributed by atoms with Crippen LogP contribution < -0.4 is 0 Å². The summed E-state index contributed by atoms with van der Waals surface area (Å²) < 4.78 is 0. The van der Waals surface area contributed by atoms with Crippen LogP contribution in [-0.4, -0.2) is 5.54 Å². The van der Waals surface area contributed by atoms with Crippen molar-refractivity contribution in [2.75, 3.05) is 0 Å². The minimum absolute atomic E-state index is 0.102. The van der Waals surface area contributed by atoms with Crippen molar-refractivity contribution in [3.05, 3.63) is 29.3 Å². The number of azo groups is 1. The molecule has 0 N–H and O–H groups in total. The Kier molecular flexibility index (Phi) is 3.04. The first-order valence-corrected chi connectivity index (χ1v) is 4.89. The van der Waals surface area contributed by atoms with Crippen LogP contribution in [0.25, 0.3) is 0 Å². The Balaban J connectivity index is 3.03. The van der Waals surface area contributed by atoms with Gasteiger partial charge in [-0.15, -0.1) is 0 Å². The Morgan fingerprint density at radius 3 is 1.93 bits per heavy atom. The van der Waals surface area contributed by atoms with Crippen molar-refractivity contribution in [1.29, 1.82) is 0 Å². The molecule has 0 radical (unpaired) electrons. The highest BCUT2D eigenvalue weighted by atomic mass is 15.1. The fraction of sp³-hybridized carbons (Fsp3) is 0.500. The van der Waals surface area contributed by atoms with Gasteiger partial charge >= 0.3 is 0 Å². The van der Waals surface area contributed by atoms with E-state index in [1.54, 1.807) is 0 Å². The standard InChI is InChI=1S/C12H18N2/c1-9-7-6-8-10(2)11(9)13-14-12(3,4)5/h6-8H,1-5H3. The molecule has 2 heteroatoms. The number of hydrogen-bond acceptors (Lipinski definition) is 2. The number of hydrogen-bond donors (Lipinski definition) is 0. The maximum Gasteiger partial charge on any atom is 0.0910 e. The molecule has 1 aromatic rings. The highest BCUT2D eigenvalue weighted by Crippen LogP contribution is 2.24. The van der Waals surface area contributed by atoms with Gasteiger partial charge in [-0.1, -0.05) is 18.2 Å². The lowest BCUT2D eigenvalue weighted by Crippen LogP contribution is -2.07. The summed E-state index contributed by atoms with van der Waals surface area (Å²) in [5, 5.41) is 8.57. The van der Waals surface area contributed by atoms with Gasteiger partial charge in [-0.05, 0) is 45.7 Å². The molecule has 0 saturated carbocycles. The van der Waals surface area contributed by atoms with Gasteiger partial charge in [-0.25, -0.2) is 0 Å². The molecule has 0 aliphatic heterocycles. The van der Waals surface area contributed by atoms with Gasteiger partial charge in [0.1, 0.15) is 0 Å². The average Bonchev–Trinajstić information content (AvgIpc) is 2.01. The lowest BCUT2D eigenvalue weighted by atomic mass is 10.1. The summed E-state index contributed by atoms with van der Waals surface area (Å²) in [6, 6.07) is 6.16. The smallest absolute Gasteiger partial charge is 0.0910 e. The monoisotopic (exact) mass is 190 g/mol. The molecule has 0 amide bonds. The van der Waals surface area contributed by atoms with Crippen LogP contribution in [0.15, 0.2) is 28.4 Å². The second-order valence-corrected chi connectivity index (χ2v) is 4.61. The molecule has 0 aromatic heterocycles. The van der Waals surface area contributed by atoms with Crippen molar-refractivity contribution in [3.63, 3.8) is 0 Å². The van der Waals surface area contributed by atoms with Crippen LogP contribution in [0.2, 0.25) is 0 Å². The predicted octanol–water partition coefficient (Wildman–Crippen LogP) is 4.19. The van der Waals surface area contributed by atoms with Crippen LogP contribution in [0.4, 0.5) is 5.69 Å². The first-order valence-electron chi connectivity index (χ1n) is 4.89. The summed E-state index contributed by atoms with van der Waals surface area (Å²) in [6.07, 6.45) is 0. The van der Waals surface area contributed by atoms with E-state index >= 15 is 0 Å². The topological polar surface area (TPSA) is 24.7 Å². The largest absolute Gasteiger partial charge is 0.183 e. The zero-order chi connectivity index (χ0) is 10.8. The zero-order valence-corrected chi connectivity index (χ0v) is 9.63. The second kappa shape index (κ2) is 3.91. The summed E-state index contributed by atoms with van der Waals surface area (Å²) in [5.41, 5.74) is 3.26. The van der Waals surface area contributed by atoms with Crippen molar-refractivity contribution < 1.29 is 0 Å². The maximum absolute atomic E-state index is 4.30. The molecule has 0 atom stereocenters. The molecule has 0 heterocycles. The zero-order valence-electron chi connectivity index (χ0n) is 9.63. The Morgan fingerprint density at radius 1 is 1.00 bits per heavy atom. The molecule has 0 fully saturated rings. The lowest BCUT2D eigenvalue weighted by Gasteiger charge is -2.10. The van der Waals surface area contributed by atoms with Gasteiger partial charge in [-0.3, -0.25) is 0 Å². The Morgan fingerprint density at radius 2 is 1.50 bits per heavy atom. The van der Waals surface area contributed by atoms with Gasteiger partial charge in [0.2, 0.25) is 0 Å². The molecule has 0 aliphatic carbocycles. The fourth-order valence-electron chi connectivity index (χ4n) is 1.16. The summed E-state index contributed by atoms with van der Waals surface area (Å²) in [5.74, 6) is 0. The summed E-state index contributed by atoms with van der Waals surface area (Å²) in [7, 11) is 0. The van der Waals surface area contributed by atoms with Crippen LogP contribution >= 0.6 is 0 Å². The lowest BCUT2D eigenvalue weighted by molar-refractivity contribution is 0.552. The molecule has 1 rings (SSSR count). The molecule has 2 nitrogen and oxygen atoms in total. The van der Waals surface area contributed by atoms with Crippen molar-refractivity contribution in [3.8, 4) is 0 Å². The molecular weight excluding hydrogens is 172 g/mol. The highest BCUT2D eigenvalue weighted by molar-refractivity contribution is 5.51. The first-order chi connectivity index (χ1) is 6.40. The molecule has 0 bridgehead atoms. The predicted molar refractivity (Wildman–Crippen MR) is 60.2 cm³/mol. The van der Waals surface area contributed by atoms with Gasteiger partial charge < -0.3 is 0 Å². The molecule has 0 unspecified atom stereocenters. The SMILES string of the molecule is Cc1cccc(C)c1N=NC(C)(C)C. The third-order valence-electron chi connectivity index (χ3n) is 1.89. The molecule has 14 heavy (non-hydrogen) atoms. The van der Waals surface area contributed by atoms with E-state index in [1.807, 2.05) is 26.8 Å². The average molecular weight is 190 g/mol. The van der Waals surface area contributed by atoms with Crippen LogP contribution in [-0.2, 0) is 0 Å². The quantitative estimate of drug-likeness (QED) is 0.593. The van der Waals surface area contributed by atoms with E-state index in [0.717, 1.165) is 5.69 Å². The Labute approximate surface area is 86.1 Å². The second-order valence-electron chi connectivity index (χ2n) is 4.61. The molecular formula is C12H18N2. The van der Waals surface area contributed by atoms with Crippen molar-refractivity contribution >= 4 is 5.69 Å². The number of benzene rings is 1. The molecule has 76 valence electrons. The van der Waals surface area contributed by atoms with Gasteiger partial charge in [0.15, 0.2) is 0 Å². The van der Waals surface area contributed by atoms with E-state index in [2.05, 4.69) is 36.2 Å². The summed E-state index contributed by atoms with van der Waals surface area (Å²) in [4.78, 5) is 0. The Bertz CT molecular complexity index is 326. The van der Waals surface area contributed by atoms with Gasteiger partial charge in [-0.2, -0.15) is 10.2 Å². The molecule has 1 aromatic carbocycles. The van der Waals surface area contributed by atoms with E-state index < -0.39 is 0 Å². The maximum atomic E-state index is 4.30. The van der Waals surface area contributed by atoms with Crippen LogP contribution in [0.5, 0.6) is 0 Å². The van der Waals surface area contributed by atoms with E-state index in [0.29, 0.717) is 0 Å². The summed E-state index contributed by atoms with van der Waals surface area (Å²) in [6.45, 7) is 10.3. The fourth-order valence-corrected chi connectivity index (χ4v) is 1.16. The number of nitrogens with zero attached hydrogens (tertiary/aromatic N) is 2. The summed E-state index contributed by atoms with van der Waals surface area (Å²) >= 11 is 0. The molecule has 0 saturated heterocycles. The van der Waals surface area contributed by atoms with Crippen LogP contribution in [0.3, 0.4) is 0 Å². The molecule has 0 aliphatic rings. The van der Waals surface area contributed by atoms with Crippen molar-refractivity contribution in [1.82, 2.24) is 0 Å². The Hall–Kier alpha value is -1.18. The van der Waals surface area contributed by atoms with Gasteiger partial charge in [0.05, 0.1) is 11.2 Å². The first kappa shape index (κ1) is 10.9.